The highest BCUT2D eigenvalue weighted by Crippen LogP contribution is 2.36. The van der Waals surface area contributed by atoms with Crippen LogP contribution in [0.3, 0.4) is 0 Å². The first kappa shape index (κ1) is 32.6. The summed E-state index contributed by atoms with van der Waals surface area (Å²) in [5.41, 5.74) is 12.3. The number of allylic oxidation sites excluding steroid dienone is 2. The number of hydrogen-bond donors (Lipinski definition) is 0. The van der Waals surface area contributed by atoms with Crippen LogP contribution in [0.4, 0.5) is 5.69 Å². The van der Waals surface area contributed by atoms with E-state index in [1.807, 2.05) is 96.3 Å². The first-order valence-corrected chi connectivity index (χ1v) is 17.7. The van der Waals surface area contributed by atoms with Crippen molar-refractivity contribution in [2.75, 3.05) is 5.01 Å². The van der Waals surface area contributed by atoms with Crippen molar-refractivity contribution in [1.29, 1.82) is 0 Å². The second-order valence-corrected chi connectivity index (χ2v) is 13.3. The molecule has 0 unspecified atom stereocenters. The molecule has 5 heterocycles. The van der Waals surface area contributed by atoms with Gasteiger partial charge in [0.25, 0.3) is 0 Å². The first-order valence-electron chi connectivity index (χ1n) is 17.7. The third kappa shape index (κ3) is 5.68. The molecule has 0 spiro atoms. The van der Waals surface area contributed by atoms with Gasteiger partial charge in [0, 0.05) is 35.3 Å². The lowest BCUT2D eigenvalue weighted by Gasteiger charge is -2.24. The van der Waals surface area contributed by atoms with Gasteiger partial charge in [0.15, 0.2) is 17.1 Å². The largest absolute Gasteiger partial charge is 0.276 e. The second-order valence-electron chi connectivity index (χ2n) is 13.3. The molecule has 0 N–H and O–H groups in total. The Kier molecular flexibility index (Phi) is 8.08. The van der Waals surface area contributed by atoms with Gasteiger partial charge in [-0.25, -0.2) is 29.9 Å². The van der Waals surface area contributed by atoms with Crippen molar-refractivity contribution < 1.29 is 0 Å². The summed E-state index contributed by atoms with van der Waals surface area (Å²) < 4.78 is 4.27. The van der Waals surface area contributed by atoms with Crippen LogP contribution in [0.5, 0.6) is 0 Å². The third-order valence-corrected chi connectivity index (χ3v) is 9.60. The standard InChI is InChI=1S/C45H35N9/c1-29-14-5-8-20-38(29)52-41(50-36-18-12-23-46-44(36)52)33-26-34(42-51-37-19-13-24-47-45(37)53(42)39-21-9-6-15-30(39)2)28-35(27-33)43-49-32(4)17-11-25-48-54(43)40-22-10-7-16-31(40)3/h5-28H,4H2,1-3H3/b17-11-,48-25-,49-43?. The van der Waals surface area contributed by atoms with Gasteiger partial charge in [-0.15, -0.1) is 0 Å². The number of para-hydroxylation sites is 3. The van der Waals surface area contributed by atoms with E-state index in [4.69, 9.17) is 30.0 Å². The molecule has 0 atom stereocenters. The summed E-state index contributed by atoms with van der Waals surface area (Å²) in [7, 11) is 0. The fourth-order valence-electron chi connectivity index (χ4n) is 7.01. The molecule has 1 aliphatic rings. The lowest BCUT2D eigenvalue weighted by Crippen LogP contribution is -2.28. The van der Waals surface area contributed by atoms with Crippen LogP contribution < -0.4 is 5.01 Å². The highest BCUT2D eigenvalue weighted by molar-refractivity contribution is 6.12. The van der Waals surface area contributed by atoms with E-state index in [-0.39, 0.29) is 0 Å². The average Bonchev–Trinajstić information content (AvgIpc) is 3.77. The second kappa shape index (κ2) is 13.4. The van der Waals surface area contributed by atoms with E-state index < -0.39 is 0 Å². The van der Waals surface area contributed by atoms with Gasteiger partial charge in [-0.1, -0.05) is 61.2 Å². The molecule has 0 bridgehead atoms. The van der Waals surface area contributed by atoms with E-state index in [1.165, 1.54) is 0 Å². The molecular formula is C45H35N9. The number of nitrogens with zero attached hydrogens (tertiary/aromatic N) is 9. The maximum Gasteiger partial charge on any atom is 0.164 e. The highest BCUT2D eigenvalue weighted by atomic mass is 15.5. The molecule has 54 heavy (non-hydrogen) atoms. The minimum Gasteiger partial charge on any atom is -0.276 e. The van der Waals surface area contributed by atoms with Crippen molar-refractivity contribution >= 4 is 40.1 Å². The molecule has 0 saturated carbocycles. The fraction of sp³-hybridized carbons (Fsp3) is 0.0667. The smallest absolute Gasteiger partial charge is 0.164 e. The molecule has 9 heteroatoms. The molecule has 0 saturated heterocycles. The number of pyridine rings is 2. The monoisotopic (exact) mass is 701 g/mol. The van der Waals surface area contributed by atoms with Crippen molar-refractivity contribution in [1.82, 2.24) is 29.1 Å². The molecule has 0 fully saturated rings. The van der Waals surface area contributed by atoms with Crippen LogP contribution in [-0.2, 0) is 0 Å². The number of aromatic nitrogens is 6. The molecule has 9 nitrogen and oxygen atoms in total. The molecule has 4 aromatic heterocycles. The minimum atomic E-state index is 0.592. The van der Waals surface area contributed by atoms with Crippen molar-refractivity contribution in [2.45, 2.75) is 20.8 Å². The number of aliphatic imine (C=N–C) groups is 1. The molecule has 0 aliphatic carbocycles. The van der Waals surface area contributed by atoms with E-state index in [0.717, 1.165) is 84.4 Å². The van der Waals surface area contributed by atoms with Crippen molar-refractivity contribution in [2.24, 2.45) is 10.1 Å². The quantitative estimate of drug-likeness (QED) is 0.172. The molecule has 1 aliphatic heterocycles. The Morgan fingerprint density at radius 1 is 0.537 bits per heavy atom. The Hall–Kier alpha value is -7.26. The number of hydrogen-bond acceptors (Lipinski definition) is 7. The predicted octanol–water partition coefficient (Wildman–Crippen LogP) is 9.74. The molecule has 8 aromatic rings. The Labute approximate surface area is 312 Å². The Morgan fingerprint density at radius 3 is 1.54 bits per heavy atom. The van der Waals surface area contributed by atoms with Crippen LogP contribution in [0.15, 0.2) is 162 Å². The lowest BCUT2D eigenvalue weighted by molar-refractivity contribution is 1.05. The number of anilines is 1. The highest BCUT2D eigenvalue weighted by Gasteiger charge is 2.25. The molecule has 0 amide bonds. The predicted molar refractivity (Wildman–Crippen MR) is 219 cm³/mol. The summed E-state index contributed by atoms with van der Waals surface area (Å²) >= 11 is 0. The van der Waals surface area contributed by atoms with Crippen LogP contribution in [0, 0.1) is 20.8 Å². The topological polar surface area (TPSA) is 89.4 Å². The summed E-state index contributed by atoms with van der Waals surface area (Å²) in [5, 5.41) is 6.80. The molecule has 0 radical (unpaired) electrons. The Balaban J connectivity index is 1.38. The van der Waals surface area contributed by atoms with Gasteiger partial charge in [0.2, 0.25) is 0 Å². The van der Waals surface area contributed by atoms with Gasteiger partial charge in [-0.2, -0.15) is 5.10 Å². The van der Waals surface area contributed by atoms with Gasteiger partial charge in [0.1, 0.15) is 22.7 Å². The number of hydrazone groups is 1. The number of benzene rings is 4. The Bertz CT molecular complexity index is 2710. The molecule has 4 aromatic carbocycles. The van der Waals surface area contributed by atoms with Gasteiger partial charge in [0.05, 0.1) is 22.8 Å². The summed E-state index contributed by atoms with van der Waals surface area (Å²) in [6, 6.07) is 39.0. The number of amidine groups is 1. The summed E-state index contributed by atoms with van der Waals surface area (Å²) in [4.78, 5) is 25.3. The van der Waals surface area contributed by atoms with Gasteiger partial charge >= 0.3 is 0 Å². The summed E-state index contributed by atoms with van der Waals surface area (Å²) in [6.45, 7) is 10.6. The van der Waals surface area contributed by atoms with E-state index in [0.29, 0.717) is 11.5 Å². The number of fused-ring (bicyclic) bond motifs is 2. The fourth-order valence-corrected chi connectivity index (χ4v) is 7.01. The van der Waals surface area contributed by atoms with E-state index >= 15 is 0 Å². The van der Waals surface area contributed by atoms with Crippen LogP contribution >= 0.6 is 0 Å². The summed E-state index contributed by atoms with van der Waals surface area (Å²) in [5.74, 6) is 2.06. The number of aryl methyl sites for hydroxylation is 3. The minimum absolute atomic E-state index is 0.592. The molecule has 260 valence electrons. The lowest BCUT2D eigenvalue weighted by atomic mass is 10.0. The third-order valence-electron chi connectivity index (χ3n) is 9.60. The zero-order valence-corrected chi connectivity index (χ0v) is 30.1. The van der Waals surface area contributed by atoms with Gasteiger partial charge < -0.3 is 0 Å². The van der Waals surface area contributed by atoms with E-state index in [9.17, 15) is 0 Å². The SMILES string of the molecule is C=C1/C=C\C=N/N(c2ccccc2C)C(c2cc(-c3nc4cccnc4n3-c3ccccc3C)cc(-c3nc4cccnc4n3-c3ccccc3C)c2)=N1. The first-order chi connectivity index (χ1) is 26.4. The van der Waals surface area contributed by atoms with Crippen molar-refractivity contribution in [3.8, 4) is 34.2 Å². The van der Waals surface area contributed by atoms with Crippen molar-refractivity contribution in [3.05, 3.63) is 174 Å². The maximum atomic E-state index is 5.25. The Morgan fingerprint density at radius 2 is 1.02 bits per heavy atom. The zero-order valence-electron chi connectivity index (χ0n) is 30.1. The van der Waals surface area contributed by atoms with Crippen LogP contribution in [-0.4, -0.2) is 41.1 Å². The van der Waals surface area contributed by atoms with E-state index in [2.05, 4.69) is 85.0 Å². The van der Waals surface area contributed by atoms with Crippen molar-refractivity contribution in [3.63, 3.8) is 0 Å². The number of rotatable bonds is 6. The average molecular weight is 702 g/mol. The molecule has 9 rings (SSSR count). The maximum absolute atomic E-state index is 5.25. The molecular weight excluding hydrogens is 667 g/mol. The van der Waals surface area contributed by atoms with Gasteiger partial charge in [-0.3, -0.25) is 9.13 Å². The van der Waals surface area contributed by atoms with Crippen LogP contribution in [0.1, 0.15) is 22.3 Å². The summed E-state index contributed by atoms with van der Waals surface area (Å²) in [6.07, 6.45) is 9.09. The normalized spacial score (nSPS) is 14.2. The number of imidazole rings is 2. The van der Waals surface area contributed by atoms with Crippen LogP contribution in [0.25, 0.3) is 56.5 Å². The zero-order chi connectivity index (χ0) is 36.8. The van der Waals surface area contributed by atoms with Gasteiger partial charge in [-0.05, 0) is 110 Å². The van der Waals surface area contributed by atoms with Crippen LogP contribution in [0.2, 0.25) is 0 Å². The van der Waals surface area contributed by atoms with E-state index in [1.54, 1.807) is 6.21 Å².